The average Bonchev–Trinajstić information content (AvgIpc) is 3.15. The van der Waals surface area contributed by atoms with Crippen LogP contribution in [0.4, 0.5) is 0 Å². The number of hydrogen-bond donors (Lipinski definition) is 1. The molecule has 0 aromatic heterocycles. The number of ether oxygens (including phenoxy) is 3. The van der Waals surface area contributed by atoms with E-state index in [1.165, 1.54) is 0 Å². The van der Waals surface area contributed by atoms with Crippen molar-refractivity contribution in [2.75, 3.05) is 26.9 Å². The van der Waals surface area contributed by atoms with Gasteiger partial charge in [0.25, 0.3) is 0 Å². The van der Waals surface area contributed by atoms with E-state index >= 15 is 0 Å². The molecule has 1 atom stereocenters. The molecule has 1 N–H and O–H groups in total. The van der Waals surface area contributed by atoms with E-state index in [1.54, 1.807) is 7.11 Å². The highest BCUT2D eigenvalue weighted by Crippen LogP contribution is 2.36. The largest absolute Gasteiger partial charge is 0.493 e. The zero-order valence-electron chi connectivity index (χ0n) is 13.3. The van der Waals surface area contributed by atoms with Gasteiger partial charge in [-0.15, -0.1) is 0 Å². The lowest BCUT2D eigenvalue weighted by Gasteiger charge is -2.15. The van der Waals surface area contributed by atoms with E-state index in [9.17, 15) is 0 Å². The molecule has 2 aliphatic rings. The van der Waals surface area contributed by atoms with Crippen LogP contribution in [0.15, 0.2) is 24.3 Å². The number of rotatable bonds is 5. The van der Waals surface area contributed by atoms with E-state index in [0.717, 1.165) is 35.8 Å². The third kappa shape index (κ3) is 3.05. The molecular formula is C17H23NO4. The summed E-state index contributed by atoms with van der Waals surface area (Å²) in [5.41, 5.74) is 4.66. The molecule has 0 radical (unpaired) electrons. The van der Waals surface area contributed by atoms with Gasteiger partial charge in [-0.25, -0.2) is 0 Å². The molecule has 0 aliphatic carbocycles. The van der Waals surface area contributed by atoms with E-state index in [-0.39, 0.29) is 5.60 Å². The SMILES string of the molecule is COc1ccc(C2=CC3(CCOC3)ON2)cc1OCC(C)C. The fraction of sp³-hybridized carbons (Fsp3) is 0.529. The molecule has 1 fully saturated rings. The second-order valence-corrected chi connectivity index (χ2v) is 6.20. The fourth-order valence-electron chi connectivity index (χ4n) is 2.59. The monoisotopic (exact) mass is 305 g/mol. The van der Waals surface area contributed by atoms with Crippen LogP contribution >= 0.6 is 0 Å². The van der Waals surface area contributed by atoms with Gasteiger partial charge in [-0.1, -0.05) is 13.8 Å². The molecule has 2 aliphatic heterocycles. The minimum absolute atomic E-state index is 0.325. The standard InChI is InChI=1S/C17H23NO4/c1-12(2)10-21-16-8-13(4-5-15(16)19-3)14-9-17(22-18-14)6-7-20-11-17/h4-5,8-9,12,18H,6-7,10-11H2,1-3H3. The highest BCUT2D eigenvalue weighted by Gasteiger charge is 2.39. The van der Waals surface area contributed by atoms with E-state index in [0.29, 0.717) is 19.1 Å². The van der Waals surface area contributed by atoms with Crippen LogP contribution in [-0.2, 0) is 9.57 Å². The quantitative estimate of drug-likeness (QED) is 0.906. The van der Waals surface area contributed by atoms with Gasteiger partial charge in [-0.2, -0.15) is 0 Å². The summed E-state index contributed by atoms with van der Waals surface area (Å²) >= 11 is 0. The first-order valence-electron chi connectivity index (χ1n) is 7.68. The van der Waals surface area contributed by atoms with E-state index < -0.39 is 0 Å². The van der Waals surface area contributed by atoms with Crippen LogP contribution in [0.5, 0.6) is 11.5 Å². The summed E-state index contributed by atoms with van der Waals surface area (Å²) in [7, 11) is 1.65. The summed E-state index contributed by atoms with van der Waals surface area (Å²) in [6.45, 7) is 6.22. The smallest absolute Gasteiger partial charge is 0.161 e. The van der Waals surface area contributed by atoms with Crippen molar-refractivity contribution >= 4 is 5.70 Å². The molecule has 22 heavy (non-hydrogen) atoms. The normalized spacial score (nSPS) is 23.7. The van der Waals surface area contributed by atoms with Crippen LogP contribution in [0.25, 0.3) is 5.70 Å². The molecule has 0 bridgehead atoms. The Kier molecular flexibility index (Phi) is 4.27. The van der Waals surface area contributed by atoms with Crippen molar-refractivity contribution < 1.29 is 19.0 Å². The van der Waals surface area contributed by atoms with Crippen molar-refractivity contribution in [3.8, 4) is 11.5 Å². The zero-order valence-corrected chi connectivity index (χ0v) is 13.3. The van der Waals surface area contributed by atoms with Crippen molar-refractivity contribution in [3.63, 3.8) is 0 Å². The molecule has 1 spiro atoms. The molecule has 120 valence electrons. The Morgan fingerprint density at radius 2 is 2.18 bits per heavy atom. The predicted molar refractivity (Wildman–Crippen MR) is 83.7 cm³/mol. The fourth-order valence-corrected chi connectivity index (χ4v) is 2.59. The minimum Gasteiger partial charge on any atom is -0.493 e. The Morgan fingerprint density at radius 1 is 1.32 bits per heavy atom. The Balaban J connectivity index is 1.83. The van der Waals surface area contributed by atoms with Gasteiger partial charge >= 0.3 is 0 Å². The summed E-state index contributed by atoms with van der Waals surface area (Å²) in [6.07, 6.45) is 2.98. The Hall–Kier alpha value is -1.72. The van der Waals surface area contributed by atoms with Crippen LogP contribution in [0.1, 0.15) is 25.8 Å². The van der Waals surface area contributed by atoms with E-state index in [1.807, 2.05) is 18.2 Å². The van der Waals surface area contributed by atoms with Crippen LogP contribution in [-0.4, -0.2) is 32.5 Å². The summed E-state index contributed by atoms with van der Waals surface area (Å²) in [5.74, 6) is 1.95. The maximum absolute atomic E-state index is 5.86. The molecule has 5 heteroatoms. The summed E-state index contributed by atoms with van der Waals surface area (Å²) in [5, 5.41) is 0. The van der Waals surface area contributed by atoms with E-state index in [4.69, 9.17) is 19.0 Å². The van der Waals surface area contributed by atoms with Crippen molar-refractivity contribution in [3.05, 3.63) is 29.8 Å². The lowest BCUT2D eigenvalue weighted by Crippen LogP contribution is -2.29. The Bertz CT molecular complexity index is 562. The lowest BCUT2D eigenvalue weighted by molar-refractivity contribution is -0.0373. The molecular weight excluding hydrogens is 282 g/mol. The number of hydroxylamine groups is 1. The van der Waals surface area contributed by atoms with Crippen LogP contribution in [0, 0.1) is 5.92 Å². The molecule has 0 amide bonds. The molecule has 1 aromatic carbocycles. The first-order chi connectivity index (χ1) is 10.6. The van der Waals surface area contributed by atoms with Crippen molar-refractivity contribution in [1.29, 1.82) is 0 Å². The second-order valence-electron chi connectivity index (χ2n) is 6.20. The van der Waals surface area contributed by atoms with Gasteiger partial charge in [0.1, 0.15) is 5.60 Å². The Labute approximate surface area is 131 Å². The molecule has 2 heterocycles. The van der Waals surface area contributed by atoms with Gasteiger partial charge in [0.2, 0.25) is 0 Å². The van der Waals surface area contributed by atoms with Crippen molar-refractivity contribution in [2.45, 2.75) is 25.9 Å². The highest BCUT2D eigenvalue weighted by atomic mass is 16.7. The summed E-state index contributed by atoms with van der Waals surface area (Å²) in [4.78, 5) is 5.72. The average molecular weight is 305 g/mol. The number of methoxy groups -OCH3 is 1. The highest BCUT2D eigenvalue weighted by molar-refractivity contribution is 5.68. The summed E-state index contributed by atoms with van der Waals surface area (Å²) in [6, 6.07) is 5.90. The van der Waals surface area contributed by atoms with Gasteiger partial charge in [-0.3, -0.25) is 10.3 Å². The first kappa shape index (κ1) is 15.2. The first-order valence-corrected chi connectivity index (χ1v) is 7.68. The zero-order chi connectivity index (χ0) is 15.6. The maximum atomic E-state index is 5.86. The van der Waals surface area contributed by atoms with Crippen LogP contribution < -0.4 is 15.0 Å². The topological polar surface area (TPSA) is 49.0 Å². The van der Waals surface area contributed by atoms with Crippen molar-refractivity contribution in [2.24, 2.45) is 5.92 Å². The van der Waals surface area contributed by atoms with Crippen molar-refractivity contribution in [1.82, 2.24) is 5.48 Å². The van der Waals surface area contributed by atoms with Gasteiger partial charge in [-0.05, 0) is 30.2 Å². The van der Waals surface area contributed by atoms with Crippen LogP contribution in [0.3, 0.4) is 0 Å². The van der Waals surface area contributed by atoms with Crippen LogP contribution in [0.2, 0.25) is 0 Å². The maximum Gasteiger partial charge on any atom is 0.161 e. The molecule has 3 rings (SSSR count). The molecule has 1 saturated heterocycles. The third-order valence-electron chi connectivity index (χ3n) is 3.83. The molecule has 1 aromatic rings. The molecule has 0 saturated carbocycles. The second kappa shape index (κ2) is 6.18. The Morgan fingerprint density at radius 3 is 2.86 bits per heavy atom. The number of hydrogen-bond acceptors (Lipinski definition) is 5. The number of benzene rings is 1. The molecule has 1 unspecified atom stereocenters. The van der Waals surface area contributed by atoms with E-state index in [2.05, 4.69) is 25.4 Å². The minimum atomic E-state index is -0.325. The van der Waals surface area contributed by atoms with Gasteiger partial charge in [0.05, 0.1) is 26.0 Å². The van der Waals surface area contributed by atoms with Gasteiger partial charge in [0, 0.05) is 18.6 Å². The summed E-state index contributed by atoms with van der Waals surface area (Å²) < 4.78 is 16.7. The lowest BCUT2D eigenvalue weighted by atomic mass is 10.0. The number of nitrogens with one attached hydrogen (secondary N) is 1. The molecule has 5 nitrogen and oxygen atoms in total. The van der Waals surface area contributed by atoms with Gasteiger partial charge < -0.3 is 14.2 Å². The third-order valence-corrected chi connectivity index (χ3v) is 3.83. The van der Waals surface area contributed by atoms with Gasteiger partial charge in [0.15, 0.2) is 11.5 Å². The predicted octanol–water partition coefficient (Wildman–Crippen LogP) is 2.76.